The molecular weight excluding hydrogens is 306 g/mol. The minimum atomic E-state index is 0.240. The molecule has 0 unspecified atom stereocenters. The van der Waals surface area contributed by atoms with Crippen LogP contribution in [0.2, 0.25) is 0 Å². The van der Waals surface area contributed by atoms with Gasteiger partial charge in [-0.3, -0.25) is 4.90 Å². The maximum Gasteiger partial charge on any atom is 0.0610 e. The number of nitrogens with zero attached hydrogens (tertiary/aromatic N) is 1. The van der Waals surface area contributed by atoms with Crippen molar-refractivity contribution in [2.24, 2.45) is 0 Å². The van der Waals surface area contributed by atoms with Crippen LogP contribution in [0.25, 0.3) is 0 Å². The highest BCUT2D eigenvalue weighted by molar-refractivity contribution is 4.98. The molecule has 0 radical (unpaired) electrons. The molecule has 0 aromatic heterocycles. The van der Waals surface area contributed by atoms with Gasteiger partial charge < -0.3 is 4.74 Å². The van der Waals surface area contributed by atoms with Gasteiger partial charge in [-0.05, 0) is 54.0 Å². The van der Waals surface area contributed by atoms with Crippen molar-refractivity contribution in [2.75, 3.05) is 13.7 Å². The molecule has 0 aliphatic carbocycles. The first-order chi connectivity index (χ1) is 11.8. The third-order valence-electron chi connectivity index (χ3n) is 6.37. The first kappa shape index (κ1) is 23.0. The third-order valence-corrected chi connectivity index (χ3v) is 6.37. The summed E-state index contributed by atoms with van der Waals surface area (Å²) in [6.45, 7) is 12.7. The zero-order valence-corrected chi connectivity index (χ0v) is 18.3. The molecule has 0 bridgehead atoms. The van der Waals surface area contributed by atoms with Gasteiger partial charge in [0, 0.05) is 17.7 Å². The normalized spacial score (nSPS) is 20.9. The van der Waals surface area contributed by atoms with E-state index in [1.54, 1.807) is 0 Å². The second-order valence-corrected chi connectivity index (χ2v) is 9.62. The summed E-state index contributed by atoms with van der Waals surface area (Å²) >= 11 is 0. The Morgan fingerprint density at radius 1 is 0.720 bits per heavy atom. The molecule has 1 aliphatic rings. The Hall–Kier alpha value is -0.0800. The molecule has 0 amide bonds. The summed E-state index contributed by atoms with van der Waals surface area (Å²) in [4.78, 5) is 2.53. The van der Waals surface area contributed by atoms with Gasteiger partial charge in [0.05, 0.1) is 6.10 Å². The van der Waals surface area contributed by atoms with Crippen LogP contribution in [0.1, 0.15) is 118 Å². The van der Waals surface area contributed by atoms with Crippen LogP contribution in [0, 0.1) is 0 Å². The summed E-state index contributed by atoms with van der Waals surface area (Å²) in [7, 11) is 2.26. The van der Waals surface area contributed by atoms with E-state index in [-0.39, 0.29) is 11.1 Å². The molecule has 150 valence electrons. The number of likely N-dealkylation sites (tertiary alicyclic amines) is 1. The molecular formula is C23H47NO. The number of piperidine rings is 1. The van der Waals surface area contributed by atoms with Crippen molar-refractivity contribution < 1.29 is 4.74 Å². The molecule has 0 aromatic rings. The van der Waals surface area contributed by atoms with Crippen LogP contribution in [0.15, 0.2) is 0 Å². The summed E-state index contributed by atoms with van der Waals surface area (Å²) in [6.07, 6.45) is 18.1. The second-order valence-electron chi connectivity index (χ2n) is 9.62. The first-order valence-corrected chi connectivity index (χ1v) is 11.1. The molecule has 1 rings (SSSR count). The van der Waals surface area contributed by atoms with Gasteiger partial charge >= 0.3 is 0 Å². The Balaban J connectivity index is 2.00. The van der Waals surface area contributed by atoms with Crippen molar-refractivity contribution in [3.05, 3.63) is 0 Å². The van der Waals surface area contributed by atoms with Crippen molar-refractivity contribution >= 4 is 0 Å². The van der Waals surface area contributed by atoms with Crippen molar-refractivity contribution in [1.29, 1.82) is 0 Å². The minimum absolute atomic E-state index is 0.240. The van der Waals surface area contributed by atoms with E-state index in [0.717, 1.165) is 19.4 Å². The van der Waals surface area contributed by atoms with E-state index in [2.05, 4.69) is 46.6 Å². The number of unbranched alkanes of at least 4 members (excludes halogenated alkanes) is 10. The lowest BCUT2D eigenvalue weighted by Gasteiger charge is -2.53. The summed E-state index contributed by atoms with van der Waals surface area (Å²) < 4.78 is 6.26. The predicted molar refractivity (Wildman–Crippen MR) is 111 cm³/mol. The minimum Gasteiger partial charge on any atom is -0.378 e. The van der Waals surface area contributed by atoms with E-state index >= 15 is 0 Å². The third kappa shape index (κ3) is 8.91. The first-order valence-electron chi connectivity index (χ1n) is 11.1. The summed E-state index contributed by atoms with van der Waals surface area (Å²) in [5.41, 5.74) is 0.479. The molecule has 2 nitrogen and oxygen atoms in total. The summed E-state index contributed by atoms with van der Waals surface area (Å²) in [5.74, 6) is 0. The van der Waals surface area contributed by atoms with Crippen LogP contribution < -0.4 is 0 Å². The molecule has 1 saturated heterocycles. The number of hydrogen-bond donors (Lipinski definition) is 0. The van der Waals surface area contributed by atoms with Gasteiger partial charge in [0.15, 0.2) is 0 Å². The Bertz CT molecular complexity index is 319. The van der Waals surface area contributed by atoms with Gasteiger partial charge in [0.1, 0.15) is 0 Å². The van der Waals surface area contributed by atoms with E-state index in [1.165, 1.54) is 70.6 Å². The van der Waals surface area contributed by atoms with Crippen LogP contribution in [0.3, 0.4) is 0 Å². The van der Waals surface area contributed by atoms with E-state index in [4.69, 9.17) is 4.74 Å². The average molecular weight is 354 g/mol. The van der Waals surface area contributed by atoms with Crippen LogP contribution in [-0.2, 0) is 4.74 Å². The number of rotatable bonds is 13. The maximum atomic E-state index is 6.26. The fourth-order valence-corrected chi connectivity index (χ4v) is 4.41. The molecule has 0 spiro atoms. The van der Waals surface area contributed by atoms with Gasteiger partial charge in [0.2, 0.25) is 0 Å². The van der Waals surface area contributed by atoms with Gasteiger partial charge in [-0.25, -0.2) is 0 Å². The monoisotopic (exact) mass is 353 g/mol. The zero-order chi connectivity index (χ0) is 18.8. The van der Waals surface area contributed by atoms with Crippen molar-refractivity contribution in [3.63, 3.8) is 0 Å². The highest BCUT2D eigenvalue weighted by atomic mass is 16.5. The molecule has 2 heteroatoms. The fraction of sp³-hybridized carbons (Fsp3) is 1.00. The molecule has 0 N–H and O–H groups in total. The second kappa shape index (κ2) is 11.6. The molecule has 0 atom stereocenters. The molecule has 25 heavy (non-hydrogen) atoms. The Labute approximate surface area is 159 Å². The fourth-order valence-electron chi connectivity index (χ4n) is 4.41. The SMILES string of the molecule is CCCCCCCCCCCCCOC1CC(C)(C)N(C)C(C)(C)C1. The largest absolute Gasteiger partial charge is 0.378 e. The van der Waals surface area contributed by atoms with Crippen LogP contribution in [0.4, 0.5) is 0 Å². The highest BCUT2D eigenvalue weighted by Crippen LogP contribution is 2.38. The van der Waals surface area contributed by atoms with Crippen LogP contribution in [0.5, 0.6) is 0 Å². The topological polar surface area (TPSA) is 12.5 Å². The molecule has 1 heterocycles. The lowest BCUT2D eigenvalue weighted by molar-refractivity contribution is -0.0918. The average Bonchev–Trinajstić information content (AvgIpc) is 2.53. The van der Waals surface area contributed by atoms with Crippen LogP contribution in [-0.4, -0.2) is 35.7 Å². The smallest absolute Gasteiger partial charge is 0.0610 e. The lowest BCUT2D eigenvalue weighted by atomic mass is 9.79. The van der Waals surface area contributed by atoms with E-state index in [9.17, 15) is 0 Å². The molecule has 1 aliphatic heterocycles. The van der Waals surface area contributed by atoms with Crippen LogP contribution >= 0.6 is 0 Å². The van der Waals surface area contributed by atoms with Gasteiger partial charge in [-0.15, -0.1) is 0 Å². The molecule has 0 aromatic carbocycles. The molecule has 0 saturated carbocycles. The number of hydrogen-bond acceptors (Lipinski definition) is 2. The van der Waals surface area contributed by atoms with E-state index in [1.807, 2.05) is 0 Å². The Morgan fingerprint density at radius 2 is 1.12 bits per heavy atom. The standard InChI is InChI=1S/C23H47NO/c1-7-8-9-10-11-12-13-14-15-16-17-18-25-21-19-22(2,3)24(6)23(4,5)20-21/h21H,7-20H2,1-6H3. The maximum absolute atomic E-state index is 6.26. The predicted octanol–water partition coefficient (Wildman–Crippen LogP) is 6.97. The Morgan fingerprint density at radius 3 is 1.56 bits per heavy atom. The Kier molecular flexibility index (Phi) is 10.6. The quantitative estimate of drug-likeness (QED) is 0.332. The molecule has 1 fully saturated rings. The van der Waals surface area contributed by atoms with E-state index < -0.39 is 0 Å². The lowest BCUT2D eigenvalue weighted by Crippen LogP contribution is -2.60. The zero-order valence-electron chi connectivity index (χ0n) is 18.3. The van der Waals surface area contributed by atoms with Crippen molar-refractivity contribution in [2.45, 2.75) is 135 Å². The highest BCUT2D eigenvalue weighted by Gasteiger charge is 2.43. The summed E-state index contributed by atoms with van der Waals surface area (Å²) in [5, 5.41) is 0. The van der Waals surface area contributed by atoms with Crippen molar-refractivity contribution in [3.8, 4) is 0 Å². The van der Waals surface area contributed by atoms with Gasteiger partial charge in [0.25, 0.3) is 0 Å². The number of ether oxygens (including phenoxy) is 1. The van der Waals surface area contributed by atoms with Crippen molar-refractivity contribution in [1.82, 2.24) is 4.90 Å². The summed E-state index contributed by atoms with van der Waals surface area (Å²) in [6, 6.07) is 0. The van der Waals surface area contributed by atoms with Gasteiger partial charge in [-0.1, -0.05) is 71.1 Å². The van der Waals surface area contributed by atoms with Gasteiger partial charge in [-0.2, -0.15) is 0 Å². The van der Waals surface area contributed by atoms with E-state index in [0.29, 0.717) is 6.10 Å².